The summed E-state index contributed by atoms with van der Waals surface area (Å²) in [6, 6.07) is 8.69. The number of amides is 1. The van der Waals surface area contributed by atoms with Gasteiger partial charge in [0.2, 0.25) is 0 Å². The zero-order valence-corrected chi connectivity index (χ0v) is 13.6. The third-order valence-corrected chi connectivity index (χ3v) is 4.14. The van der Waals surface area contributed by atoms with Gasteiger partial charge in [0.15, 0.2) is 17.0 Å². The number of aliphatic hydroxyl groups is 2. The molecule has 1 aromatic carbocycles. The molecule has 9 heteroatoms. The van der Waals surface area contributed by atoms with Crippen molar-refractivity contribution in [1.29, 1.82) is 0 Å². The quantitative estimate of drug-likeness (QED) is 0.629. The lowest BCUT2D eigenvalue weighted by Gasteiger charge is -2.13. The third kappa shape index (κ3) is 2.92. The van der Waals surface area contributed by atoms with Gasteiger partial charge in [-0.3, -0.25) is 9.36 Å². The molecule has 3 heterocycles. The molecule has 134 valence electrons. The van der Waals surface area contributed by atoms with Gasteiger partial charge in [-0.05, 0) is 12.1 Å². The predicted molar refractivity (Wildman–Crippen MR) is 91.3 cm³/mol. The molecular formula is C17H17N5O4. The van der Waals surface area contributed by atoms with E-state index in [4.69, 9.17) is 6.11 Å². The Kier molecular flexibility index (Phi) is 4.02. The van der Waals surface area contributed by atoms with Gasteiger partial charge >= 0.3 is 0 Å². The van der Waals surface area contributed by atoms with Crippen molar-refractivity contribution in [2.75, 3.05) is 11.9 Å². The Morgan fingerprint density at radius 2 is 2.15 bits per heavy atom. The van der Waals surface area contributed by atoms with Crippen molar-refractivity contribution in [3.8, 4) is 0 Å². The van der Waals surface area contributed by atoms with Gasteiger partial charge in [0.1, 0.15) is 18.7 Å². The fourth-order valence-electron chi connectivity index (χ4n) is 2.81. The van der Waals surface area contributed by atoms with Crippen molar-refractivity contribution >= 4 is 22.9 Å². The van der Waals surface area contributed by atoms with E-state index in [9.17, 15) is 15.0 Å². The summed E-state index contributed by atoms with van der Waals surface area (Å²) in [5.74, 6) is -0.109. The lowest BCUT2D eigenvalue weighted by molar-refractivity contribution is -0.0432. The zero-order chi connectivity index (χ0) is 19.0. The van der Waals surface area contributed by atoms with Crippen molar-refractivity contribution in [1.82, 2.24) is 19.5 Å². The average Bonchev–Trinajstić information content (AvgIpc) is 3.25. The number of ether oxygens (including phenoxy) is 1. The number of aliphatic hydroxyl groups excluding tert-OH is 2. The predicted octanol–water partition coefficient (Wildman–Crippen LogP) is 0.719. The molecule has 2 aromatic heterocycles. The number of imidazole rings is 1. The molecule has 26 heavy (non-hydrogen) atoms. The molecule has 0 radical (unpaired) electrons. The van der Waals surface area contributed by atoms with Crippen LogP contribution in [0.1, 0.15) is 24.4 Å². The number of hydrogen-bond acceptors (Lipinski definition) is 7. The first kappa shape index (κ1) is 15.4. The van der Waals surface area contributed by atoms with Crippen LogP contribution in [0.2, 0.25) is 0 Å². The van der Waals surface area contributed by atoms with E-state index in [-0.39, 0.29) is 11.7 Å². The third-order valence-electron chi connectivity index (χ3n) is 4.14. The number of nitrogens with zero attached hydrogens (tertiary/aromatic N) is 4. The molecule has 4 atom stereocenters. The minimum Gasteiger partial charge on any atom is -0.394 e. The number of hydrogen-bond donors (Lipinski definition) is 3. The highest BCUT2D eigenvalue weighted by atomic mass is 16.5. The van der Waals surface area contributed by atoms with Gasteiger partial charge in [-0.15, -0.1) is 0 Å². The summed E-state index contributed by atoms with van der Waals surface area (Å²) in [7, 11) is 0. The van der Waals surface area contributed by atoms with E-state index >= 15 is 0 Å². The van der Waals surface area contributed by atoms with Crippen molar-refractivity contribution in [3.05, 3.63) is 48.5 Å². The minimum atomic E-state index is -1.13. The highest BCUT2D eigenvalue weighted by molar-refractivity contribution is 6.06. The molecule has 0 saturated carbocycles. The van der Waals surface area contributed by atoms with Crippen LogP contribution in [0.4, 0.5) is 5.82 Å². The Morgan fingerprint density at radius 3 is 2.88 bits per heavy atom. The van der Waals surface area contributed by atoms with Crippen molar-refractivity contribution in [3.63, 3.8) is 0 Å². The van der Waals surface area contributed by atoms with Crippen molar-refractivity contribution < 1.29 is 21.1 Å². The van der Waals surface area contributed by atoms with E-state index in [1.165, 1.54) is 17.2 Å². The summed E-state index contributed by atoms with van der Waals surface area (Å²) in [4.78, 5) is 24.9. The second kappa shape index (κ2) is 6.79. The van der Waals surface area contributed by atoms with E-state index in [1.54, 1.807) is 24.3 Å². The maximum absolute atomic E-state index is 12.4. The lowest BCUT2D eigenvalue weighted by atomic mass is 10.2. The van der Waals surface area contributed by atoms with Gasteiger partial charge in [0.05, 0.1) is 19.0 Å². The number of carbonyl (C=O) groups is 1. The molecule has 9 nitrogen and oxygen atoms in total. The Hall–Kier alpha value is -2.88. The van der Waals surface area contributed by atoms with Gasteiger partial charge in [0, 0.05) is 13.3 Å². The largest absolute Gasteiger partial charge is 0.394 e. The number of nitrogens with one attached hydrogen (secondary N) is 1. The van der Waals surface area contributed by atoms with Crippen molar-refractivity contribution in [2.45, 2.75) is 24.8 Å². The van der Waals surface area contributed by atoms with Crippen LogP contribution in [0.3, 0.4) is 0 Å². The topological polar surface area (TPSA) is 122 Å². The molecule has 0 bridgehead atoms. The van der Waals surface area contributed by atoms with Crippen LogP contribution in [0.15, 0.2) is 43.0 Å². The SMILES string of the molecule is [2H][C@@H]1[C@H](O)[C@@H](CO)O[C@H]1n1cnc2c(NC(=O)c3ccccc3)ncnc21. The Bertz CT molecular complexity index is 966. The fourth-order valence-corrected chi connectivity index (χ4v) is 2.81. The summed E-state index contributed by atoms with van der Waals surface area (Å²) in [6.07, 6.45) is -1.18. The van der Waals surface area contributed by atoms with Crippen LogP contribution in [-0.2, 0) is 4.74 Å². The molecule has 1 aliphatic heterocycles. The number of rotatable bonds is 4. The van der Waals surface area contributed by atoms with E-state index in [0.717, 1.165) is 0 Å². The number of anilines is 1. The minimum absolute atomic E-state index is 0.228. The molecule has 1 fully saturated rings. The number of benzene rings is 1. The molecule has 1 amide bonds. The molecule has 3 aromatic rings. The lowest BCUT2D eigenvalue weighted by Crippen LogP contribution is -2.24. The van der Waals surface area contributed by atoms with Gasteiger partial charge in [-0.2, -0.15) is 0 Å². The summed E-state index contributed by atoms with van der Waals surface area (Å²) >= 11 is 0. The summed E-state index contributed by atoms with van der Waals surface area (Å²) in [6.45, 7) is -0.396. The van der Waals surface area contributed by atoms with E-state index < -0.39 is 31.4 Å². The van der Waals surface area contributed by atoms with Crippen LogP contribution in [0.25, 0.3) is 11.2 Å². The smallest absolute Gasteiger partial charge is 0.256 e. The van der Waals surface area contributed by atoms with Crippen LogP contribution in [0.5, 0.6) is 0 Å². The van der Waals surface area contributed by atoms with Crippen LogP contribution in [0, 0.1) is 0 Å². The Labute approximate surface area is 149 Å². The highest BCUT2D eigenvalue weighted by Crippen LogP contribution is 2.31. The maximum Gasteiger partial charge on any atom is 0.256 e. The molecule has 4 rings (SSSR count). The van der Waals surface area contributed by atoms with E-state index in [1.807, 2.05) is 6.07 Å². The van der Waals surface area contributed by atoms with Crippen LogP contribution in [-0.4, -0.2) is 54.5 Å². The number of aromatic nitrogens is 4. The summed E-state index contributed by atoms with van der Waals surface area (Å²) in [5, 5.41) is 22.0. The highest BCUT2D eigenvalue weighted by Gasteiger charge is 2.35. The average molecular weight is 356 g/mol. The molecular weight excluding hydrogens is 338 g/mol. The molecule has 3 N–H and O–H groups in total. The molecule has 1 saturated heterocycles. The van der Waals surface area contributed by atoms with Gasteiger partial charge in [-0.25, -0.2) is 15.0 Å². The van der Waals surface area contributed by atoms with Gasteiger partial charge in [-0.1, -0.05) is 18.2 Å². The van der Waals surface area contributed by atoms with Crippen molar-refractivity contribution in [2.24, 2.45) is 0 Å². The normalized spacial score (nSPS) is 26.0. The zero-order valence-electron chi connectivity index (χ0n) is 14.6. The molecule has 0 aliphatic carbocycles. The maximum atomic E-state index is 12.4. The molecule has 1 aliphatic rings. The Balaban J connectivity index is 1.65. The monoisotopic (exact) mass is 356 g/mol. The van der Waals surface area contributed by atoms with E-state index in [0.29, 0.717) is 16.7 Å². The Morgan fingerprint density at radius 1 is 1.35 bits per heavy atom. The number of carbonyl (C=O) groups excluding carboxylic acids is 1. The first-order valence-electron chi connectivity index (χ1n) is 8.58. The second-order valence-corrected chi connectivity index (χ2v) is 5.80. The first-order valence-corrected chi connectivity index (χ1v) is 8.00. The van der Waals surface area contributed by atoms with Crippen LogP contribution < -0.4 is 5.32 Å². The second-order valence-electron chi connectivity index (χ2n) is 5.80. The van der Waals surface area contributed by atoms with Gasteiger partial charge in [0.25, 0.3) is 5.91 Å². The summed E-state index contributed by atoms with van der Waals surface area (Å²) < 4.78 is 15.2. The molecule has 0 spiro atoms. The molecule has 0 unspecified atom stereocenters. The first-order chi connectivity index (χ1) is 13.1. The standard InChI is InChI=1S/C17H17N5O4/c23-7-12-11(24)6-13(26-12)22-9-20-14-15(18-8-19-16(14)22)21-17(25)10-4-2-1-3-5-10/h1-5,8-9,11-13,23-24H,6-7H2,(H,18,19,21,25)/t11-,12+,13+/m0/s1/i6D/t6-,11+,12-,13-/m1. The van der Waals surface area contributed by atoms with Crippen LogP contribution >= 0.6 is 0 Å². The summed E-state index contributed by atoms with van der Waals surface area (Å²) in [5.41, 5.74) is 1.16. The van der Waals surface area contributed by atoms with E-state index in [2.05, 4.69) is 20.3 Å². The number of fused-ring (bicyclic) bond motifs is 1. The van der Waals surface area contributed by atoms with Gasteiger partial charge < -0.3 is 20.3 Å². The fraction of sp³-hybridized carbons (Fsp3) is 0.294.